The predicted octanol–water partition coefficient (Wildman–Crippen LogP) is 4.20. The maximum atomic E-state index is 11.9. The first-order chi connectivity index (χ1) is 9.15. The van der Waals surface area contributed by atoms with Crippen molar-refractivity contribution < 1.29 is 4.79 Å². The van der Waals surface area contributed by atoms with E-state index in [-0.39, 0.29) is 5.91 Å². The van der Waals surface area contributed by atoms with Crippen molar-refractivity contribution in [1.29, 1.82) is 0 Å². The van der Waals surface area contributed by atoms with Crippen molar-refractivity contribution in [2.75, 3.05) is 11.9 Å². The summed E-state index contributed by atoms with van der Waals surface area (Å²) in [5, 5.41) is 4.71. The lowest BCUT2D eigenvalue weighted by Crippen LogP contribution is -2.30. The molecular weight excluding hydrogens is 326 g/mol. The summed E-state index contributed by atoms with van der Waals surface area (Å²) < 4.78 is 0. The molecule has 0 saturated carbocycles. The second-order valence-electron chi connectivity index (χ2n) is 4.74. The summed E-state index contributed by atoms with van der Waals surface area (Å²) in [5.41, 5.74) is 0.995. The van der Waals surface area contributed by atoms with Crippen LogP contribution in [0.3, 0.4) is 0 Å². The second-order valence-corrected chi connectivity index (χ2v) is 5.97. The quantitative estimate of drug-likeness (QED) is 0.702. The molecule has 4 heteroatoms. The van der Waals surface area contributed by atoms with E-state index in [1.807, 2.05) is 24.3 Å². The number of benzene rings is 1. The van der Waals surface area contributed by atoms with Crippen molar-refractivity contribution in [3.05, 3.63) is 34.9 Å². The van der Waals surface area contributed by atoms with Crippen molar-refractivity contribution >= 4 is 33.4 Å². The second kappa shape index (κ2) is 9.38. The summed E-state index contributed by atoms with van der Waals surface area (Å²) in [6.07, 6.45) is 3.84. The van der Waals surface area contributed by atoms with Gasteiger partial charge in [0.2, 0.25) is 5.91 Å². The maximum absolute atomic E-state index is 11.9. The van der Waals surface area contributed by atoms with Gasteiger partial charge in [0, 0.05) is 16.9 Å². The van der Waals surface area contributed by atoms with Gasteiger partial charge in [-0.15, -0.1) is 0 Å². The molecule has 1 unspecified atom stereocenters. The topological polar surface area (TPSA) is 29.1 Å². The first-order valence-electron chi connectivity index (χ1n) is 6.72. The maximum Gasteiger partial charge on any atom is 0.224 e. The highest BCUT2D eigenvalue weighted by Gasteiger charge is 2.09. The zero-order valence-corrected chi connectivity index (χ0v) is 13.6. The van der Waals surface area contributed by atoms with Gasteiger partial charge in [-0.3, -0.25) is 4.79 Å². The van der Waals surface area contributed by atoms with Crippen molar-refractivity contribution in [3.8, 4) is 0 Å². The van der Waals surface area contributed by atoms with E-state index < -0.39 is 0 Å². The molecule has 1 N–H and O–H groups in total. The average molecular weight is 347 g/mol. The first kappa shape index (κ1) is 16.5. The SMILES string of the molecule is CCCC(CCBr)CNC(=O)Cc1ccc(Cl)cc1. The van der Waals surface area contributed by atoms with Crippen molar-refractivity contribution in [3.63, 3.8) is 0 Å². The summed E-state index contributed by atoms with van der Waals surface area (Å²) in [7, 11) is 0. The highest BCUT2D eigenvalue weighted by atomic mass is 79.9. The van der Waals surface area contributed by atoms with Crippen LogP contribution in [0.4, 0.5) is 0 Å². The van der Waals surface area contributed by atoms with Crippen LogP contribution in [0.15, 0.2) is 24.3 Å². The van der Waals surface area contributed by atoms with Gasteiger partial charge in [0.15, 0.2) is 0 Å². The molecule has 0 aliphatic rings. The molecule has 19 heavy (non-hydrogen) atoms. The number of carbonyl (C=O) groups is 1. The molecule has 1 aromatic rings. The van der Waals surface area contributed by atoms with Gasteiger partial charge in [-0.25, -0.2) is 0 Å². The minimum Gasteiger partial charge on any atom is -0.356 e. The van der Waals surface area contributed by atoms with E-state index in [1.165, 1.54) is 0 Å². The van der Waals surface area contributed by atoms with E-state index in [2.05, 4.69) is 28.2 Å². The Morgan fingerprint density at radius 3 is 2.58 bits per heavy atom. The van der Waals surface area contributed by atoms with Gasteiger partial charge in [0.05, 0.1) is 6.42 Å². The Bertz CT molecular complexity index is 374. The van der Waals surface area contributed by atoms with E-state index in [9.17, 15) is 4.79 Å². The van der Waals surface area contributed by atoms with E-state index in [1.54, 1.807) is 0 Å². The smallest absolute Gasteiger partial charge is 0.224 e. The summed E-state index contributed by atoms with van der Waals surface area (Å²) in [6, 6.07) is 7.41. The number of hydrogen-bond acceptors (Lipinski definition) is 1. The largest absolute Gasteiger partial charge is 0.356 e. The zero-order chi connectivity index (χ0) is 14.1. The van der Waals surface area contributed by atoms with Crippen LogP contribution in [0.25, 0.3) is 0 Å². The molecule has 0 aliphatic carbocycles. The number of hydrogen-bond donors (Lipinski definition) is 1. The fourth-order valence-corrected chi connectivity index (χ4v) is 2.79. The fraction of sp³-hybridized carbons (Fsp3) is 0.533. The lowest BCUT2D eigenvalue weighted by molar-refractivity contribution is -0.120. The Balaban J connectivity index is 2.35. The van der Waals surface area contributed by atoms with Gasteiger partial charge in [0.25, 0.3) is 0 Å². The van der Waals surface area contributed by atoms with Crippen molar-refractivity contribution in [1.82, 2.24) is 5.32 Å². The van der Waals surface area contributed by atoms with Crippen LogP contribution < -0.4 is 5.32 Å². The van der Waals surface area contributed by atoms with Crippen LogP contribution >= 0.6 is 27.5 Å². The zero-order valence-electron chi connectivity index (χ0n) is 11.3. The van der Waals surface area contributed by atoms with Gasteiger partial charge in [-0.05, 0) is 36.5 Å². The third kappa shape index (κ3) is 6.98. The van der Waals surface area contributed by atoms with Gasteiger partial charge in [0.1, 0.15) is 0 Å². The molecule has 0 aromatic heterocycles. The van der Waals surface area contributed by atoms with Gasteiger partial charge < -0.3 is 5.32 Å². The molecule has 0 bridgehead atoms. The Hall–Kier alpha value is -0.540. The summed E-state index contributed by atoms with van der Waals surface area (Å²) >= 11 is 9.28. The average Bonchev–Trinajstić information content (AvgIpc) is 2.39. The monoisotopic (exact) mass is 345 g/mol. The highest BCUT2D eigenvalue weighted by Crippen LogP contribution is 2.12. The molecule has 0 spiro atoms. The number of nitrogens with one attached hydrogen (secondary N) is 1. The van der Waals surface area contributed by atoms with E-state index >= 15 is 0 Å². The molecule has 0 saturated heterocycles. The standard InChI is InChI=1S/C15H21BrClNO/c1-2-3-13(8-9-16)11-18-15(19)10-12-4-6-14(17)7-5-12/h4-7,13H,2-3,8-11H2,1H3,(H,18,19). The first-order valence-corrected chi connectivity index (χ1v) is 8.22. The van der Waals surface area contributed by atoms with Crippen LogP contribution in [-0.2, 0) is 11.2 Å². The number of carbonyl (C=O) groups excluding carboxylic acids is 1. The molecular formula is C15H21BrClNO. The third-order valence-corrected chi connectivity index (χ3v) is 3.79. The van der Waals surface area contributed by atoms with Crippen molar-refractivity contribution in [2.45, 2.75) is 32.6 Å². The van der Waals surface area contributed by atoms with E-state index in [0.717, 1.165) is 36.7 Å². The van der Waals surface area contributed by atoms with Crippen LogP contribution in [-0.4, -0.2) is 17.8 Å². The summed E-state index contributed by atoms with van der Waals surface area (Å²) in [4.78, 5) is 11.9. The summed E-state index contributed by atoms with van der Waals surface area (Å²) in [6.45, 7) is 2.95. The molecule has 106 valence electrons. The van der Waals surface area contributed by atoms with Crippen LogP contribution in [0, 0.1) is 5.92 Å². The normalized spacial score (nSPS) is 12.2. The van der Waals surface area contributed by atoms with Gasteiger partial charge >= 0.3 is 0 Å². The fourth-order valence-electron chi connectivity index (χ4n) is 2.02. The van der Waals surface area contributed by atoms with Crippen LogP contribution in [0.5, 0.6) is 0 Å². The van der Waals surface area contributed by atoms with Crippen LogP contribution in [0.2, 0.25) is 5.02 Å². The van der Waals surface area contributed by atoms with E-state index in [0.29, 0.717) is 17.4 Å². The Morgan fingerprint density at radius 1 is 1.32 bits per heavy atom. The Kier molecular flexibility index (Phi) is 8.15. The molecule has 0 aliphatic heterocycles. The molecule has 0 fully saturated rings. The Labute approximate surface area is 129 Å². The molecule has 0 heterocycles. The highest BCUT2D eigenvalue weighted by molar-refractivity contribution is 9.09. The molecule has 0 radical (unpaired) electrons. The predicted molar refractivity (Wildman–Crippen MR) is 85.0 cm³/mol. The lowest BCUT2D eigenvalue weighted by Gasteiger charge is -2.15. The van der Waals surface area contributed by atoms with Gasteiger partial charge in [-0.2, -0.15) is 0 Å². The molecule has 1 rings (SSSR count). The number of alkyl halides is 1. The third-order valence-electron chi connectivity index (χ3n) is 3.08. The summed E-state index contributed by atoms with van der Waals surface area (Å²) in [5.74, 6) is 0.650. The minimum absolute atomic E-state index is 0.0815. The molecule has 1 amide bonds. The minimum atomic E-state index is 0.0815. The number of amides is 1. The number of rotatable bonds is 8. The van der Waals surface area contributed by atoms with E-state index in [4.69, 9.17) is 11.6 Å². The molecule has 1 aromatic carbocycles. The van der Waals surface area contributed by atoms with Crippen LogP contribution in [0.1, 0.15) is 31.7 Å². The van der Waals surface area contributed by atoms with Gasteiger partial charge in [-0.1, -0.05) is 53.0 Å². The number of halogens is 2. The van der Waals surface area contributed by atoms with Crippen molar-refractivity contribution in [2.24, 2.45) is 5.92 Å². The molecule has 1 atom stereocenters. The lowest BCUT2D eigenvalue weighted by atomic mass is 10.0. The Morgan fingerprint density at radius 2 is 2.00 bits per heavy atom. The molecule has 2 nitrogen and oxygen atoms in total.